The summed E-state index contributed by atoms with van der Waals surface area (Å²) in [6.07, 6.45) is 0.506. The van der Waals surface area contributed by atoms with Gasteiger partial charge in [0.05, 0.1) is 20.1 Å². The van der Waals surface area contributed by atoms with Crippen molar-refractivity contribution in [3.8, 4) is 17.2 Å². The number of methoxy groups -OCH3 is 2. The Morgan fingerprint density at radius 1 is 0.941 bits per heavy atom. The van der Waals surface area contributed by atoms with Gasteiger partial charge in [0.15, 0.2) is 0 Å². The van der Waals surface area contributed by atoms with Gasteiger partial charge in [-0.1, -0.05) is 18.2 Å². The first-order chi connectivity index (χ1) is 16.6. The summed E-state index contributed by atoms with van der Waals surface area (Å²) in [7, 11) is 3.18. The van der Waals surface area contributed by atoms with Crippen LogP contribution in [0.2, 0.25) is 0 Å². The van der Waals surface area contributed by atoms with Crippen LogP contribution < -0.4 is 30.2 Å². The average Bonchev–Trinajstić information content (AvgIpc) is 2.87. The van der Waals surface area contributed by atoms with Crippen LogP contribution in [0.5, 0.6) is 17.2 Å². The van der Waals surface area contributed by atoms with Gasteiger partial charge >= 0.3 is 6.03 Å². The zero-order chi connectivity index (χ0) is 23.9. The minimum absolute atomic E-state index is 0.115. The highest BCUT2D eigenvalue weighted by molar-refractivity contribution is 5.99. The minimum atomic E-state index is -0.350. The SMILES string of the molecule is COc1ccc(OC)c(CNC(=O)[C@H]2COc3ccc(NC(=O)Nc4ccccc4)cc3C2)c1. The van der Waals surface area contributed by atoms with Gasteiger partial charge in [-0.2, -0.15) is 0 Å². The number of rotatable bonds is 7. The predicted octanol–water partition coefficient (Wildman–Crippen LogP) is 4.22. The van der Waals surface area contributed by atoms with Crippen molar-refractivity contribution in [2.75, 3.05) is 31.5 Å². The van der Waals surface area contributed by atoms with Gasteiger partial charge in [-0.15, -0.1) is 0 Å². The zero-order valence-electron chi connectivity index (χ0n) is 19.1. The van der Waals surface area contributed by atoms with Crippen molar-refractivity contribution < 1.29 is 23.8 Å². The van der Waals surface area contributed by atoms with Gasteiger partial charge in [0, 0.05) is 23.5 Å². The van der Waals surface area contributed by atoms with Gasteiger partial charge in [-0.25, -0.2) is 4.79 Å². The lowest BCUT2D eigenvalue weighted by molar-refractivity contribution is -0.126. The van der Waals surface area contributed by atoms with Gasteiger partial charge in [0.1, 0.15) is 23.9 Å². The Kier molecular flexibility index (Phi) is 7.17. The number of ether oxygens (including phenoxy) is 3. The predicted molar refractivity (Wildman–Crippen MR) is 130 cm³/mol. The van der Waals surface area contributed by atoms with E-state index in [9.17, 15) is 9.59 Å². The molecule has 0 aromatic heterocycles. The van der Waals surface area contributed by atoms with Crippen molar-refractivity contribution in [1.82, 2.24) is 5.32 Å². The Bertz CT molecular complexity index is 1170. The summed E-state index contributed by atoms with van der Waals surface area (Å²) in [6, 6.07) is 19.7. The normalized spacial score (nSPS) is 14.2. The van der Waals surface area contributed by atoms with Crippen LogP contribution in [0, 0.1) is 5.92 Å². The lowest BCUT2D eigenvalue weighted by Gasteiger charge is -2.25. The number of para-hydroxylation sites is 1. The quantitative estimate of drug-likeness (QED) is 0.490. The standard InChI is InChI=1S/C26H27N3O5/c1-32-22-9-11-23(33-2)18(14-22)15-27-25(30)19-12-17-13-21(8-10-24(17)34-16-19)29-26(31)28-20-6-4-3-5-7-20/h3-11,13-14,19H,12,15-16H2,1-2H3,(H,27,30)(H2,28,29,31)/t19-/m1/s1. The van der Waals surface area contributed by atoms with Crippen molar-refractivity contribution in [2.45, 2.75) is 13.0 Å². The maximum Gasteiger partial charge on any atom is 0.323 e. The fraction of sp³-hybridized carbons (Fsp3) is 0.231. The lowest BCUT2D eigenvalue weighted by atomic mass is 9.95. The molecule has 0 unspecified atom stereocenters. The number of benzene rings is 3. The summed E-state index contributed by atoms with van der Waals surface area (Å²) in [5, 5.41) is 8.57. The molecule has 1 aliphatic heterocycles. The second-order valence-corrected chi connectivity index (χ2v) is 7.88. The van der Waals surface area contributed by atoms with E-state index >= 15 is 0 Å². The molecule has 1 heterocycles. The van der Waals surface area contributed by atoms with E-state index in [2.05, 4.69) is 16.0 Å². The Morgan fingerprint density at radius 2 is 1.74 bits per heavy atom. The second-order valence-electron chi connectivity index (χ2n) is 7.88. The molecular weight excluding hydrogens is 434 g/mol. The number of hydrogen-bond donors (Lipinski definition) is 3. The van der Waals surface area contributed by atoms with E-state index in [1.165, 1.54) is 0 Å². The Hall–Kier alpha value is -4.20. The summed E-state index contributed by atoms with van der Waals surface area (Å²) in [4.78, 5) is 25.2. The summed E-state index contributed by atoms with van der Waals surface area (Å²) in [5.41, 5.74) is 3.01. The molecule has 4 rings (SSSR count). The molecule has 3 amide bonds. The third-order valence-corrected chi connectivity index (χ3v) is 5.57. The summed E-state index contributed by atoms with van der Waals surface area (Å²) >= 11 is 0. The molecule has 0 saturated heterocycles. The number of fused-ring (bicyclic) bond motifs is 1. The number of urea groups is 1. The molecule has 0 radical (unpaired) electrons. The summed E-state index contributed by atoms with van der Waals surface area (Å²) < 4.78 is 16.5. The van der Waals surface area contributed by atoms with E-state index in [4.69, 9.17) is 14.2 Å². The first kappa shape index (κ1) is 23.0. The second kappa shape index (κ2) is 10.6. The number of carbonyl (C=O) groups excluding carboxylic acids is 2. The smallest absolute Gasteiger partial charge is 0.323 e. The van der Waals surface area contributed by atoms with E-state index in [1.807, 2.05) is 60.7 Å². The van der Waals surface area contributed by atoms with Gasteiger partial charge in [0.25, 0.3) is 0 Å². The molecule has 0 aliphatic carbocycles. The van der Waals surface area contributed by atoms with Gasteiger partial charge < -0.3 is 30.2 Å². The van der Waals surface area contributed by atoms with Crippen LogP contribution in [0.4, 0.5) is 16.2 Å². The molecule has 1 aliphatic rings. The van der Waals surface area contributed by atoms with E-state index < -0.39 is 0 Å². The molecule has 34 heavy (non-hydrogen) atoms. The Labute approximate surface area is 198 Å². The van der Waals surface area contributed by atoms with E-state index in [-0.39, 0.29) is 24.5 Å². The number of amides is 3. The van der Waals surface area contributed by atoms with Gasteiger partial charge in [-0.3, -0.25) is 4.79 Å². The minimum Gasteiger partial charge on any atom is -0.497 e. The van der Waals surface area contributed by atoms with E-state index in [1.54, 1.807) is 20.3 Å². The van der Waals surface area contributed by atoms with Crippen LogP contribution in [-0.2, 0) is 17.8 Å². The van der Waals surface area contributed by atoms with Gasteiger partial charge in [-0.05, 0) is 60.5 Å². The third-order valence-electron chi connectivity index (χ3n) is 5.57. The zero-order valence-corrected chi connectivity index (χ0v) is 19.1. The molecular formula is C26H27N3O5. The monoisotopic (exact) mass is 461 g/mol. The van der Waals surface area contributed by atoms with Crippen LogP contribution >= 0.6 is 0 Å². The largest absolute Gasteiger partial charge is 0.497 e. The summed E-state index contributed by atoms with van der Waals surface area (Å²) in [6.45, 7) is 0.596. The van der Waals surface area contributed by atoms with Crippen LogP contribution in [0.15, 0.2) is 66.7 Å². The maximum absolute atomic E-state index is 12.9. The molecule has 8 heteroatoms. The lowest BCUT2D eigenvalue weighted by Crippen LogP contribution is -2.37. The van der Waals surface area contributed by atoms with Crippen LogP contribution in [0.1, 0.15) is 11.1 Å². The van der Waals surface area contributed by atoms with Crippen molar-refractivity contribution in [1.29, 1.82) is 0 Å². The molecule has 0 saturated carbocycles. The van der Waals surface area contributed by atoms with Crippen LogP contribution in [0.25, 0.3) is 0 Å². The number of nitrogens with one attached hydrogen (secondary N) is 3. The average molecular weight is 462 g/mol. The maximum atomic E-state index is 12.9. The van der Waals surface area contributed by atoms with Crippen LogP contribution in [-0.4, -0.2) is 32.8 Å². The molecule has 3 aromatic carbocycles. The summed E-state index contributed by atoms with van der Waals surface area (Å²) in [5.74, 6) is 1.62. The van der Waals surface area contributed by atoms with E-state index in [0.29, 0.717) is 41.6 Å². The molecule has 8 nitrogen and oxygen atoms in total. The van der Waals surface area contributed by atoms with Crippen molar-refractivity contribution in [3.05, 3.63) is 77.9 Å². The van der Waals surface area contributed by atoms with E-state index in [0.717, 1.165) is 11.1 Å². The first-order valence-corrected chi connectivity index (χ1v) is 10.9. The highest BCUT2D eigenvalue weighted by Gasteiger charge is 2.26. The molecule has 176 valence electrons. The highest BCUT2D eigenvalue weighted by atomic mass is 16.5. The van der Waals surface area contributed by atoms with Crippen molar-refractivity contribution >= 4 is 23.3 Å². The fourth-order valence-corrected chi connectivity index (χ4v) is 3.80. The first-order valence-electron chi connectivity index (χ1n) is 10.9. The molecule has 3 aromatic rings. The highest BCUT2D eigenvalue weighted by Crippen LogP contribution is 2.30. The third kappa shape index (κ3) is 5.58. The van der Waals surface area contributed by atoms with Crippen molar-refractivity contribution in [3.63, 3.8) is 0 Å². The Morgan fingerprint density at radius 3 is 2.50 bits per heavy atom. The van der Waals surface area contributed by atoms with Crippen LogP contribution in [0.3, 0.4) is 0 Å². The topological polar surface area (TPSA) is 97.9 Å². The molecule has 3 N–H and O–H groups in total. The molecule has 0 spiro atoms. The molecule has 1 atom stereocenters. The fourth-order valence-electron chi connectivity index (χ4n) is 3.80. The molecule has 0 fully saturated rings. The number of hydrogen-bond acceptors (Lipinski definition) is 5. The number of anilines is 2. The molecule has 0 bridgehead atoms. The Balaban J connectivity index is 1.37. The van der Waals surface area contributed by atoms with Crippen molar-refractivity contribution in [2.24, 2.45) is 5.92 Å². The van der Waals surface area contributed by atoms with Gasteiger partial charge in [0.2, 0.25) is 5.91 Å². The number of carbonyl (C=O) groups is 2.